The first-order valence-corrected chi connectivity index (χ1v) is 8.55. The van der Waals surface area contributed by atoms with Crippen LogP contribution in [-0.2, 0) is 4.79 Å². The normalized spacial score (nSPS) is 13.8. The number of benzene rings is 1. The van der Waals surface area contributed by atoms with Crippen molar-refractivity contribution < 1.29 is 9.53 Å². The fraction of sp³-hybridized carbons (Fsp3) is 0.467. The first kappa shape index (κ1) is 15.8. The number of amides is 1. The molecule has 1 saturated carbocycles. The Morgan fingerprint density at radius 2 is 2.17 bits per heavy atom. The number of aromatic nitrogens is 4. The van der Waals surface area contributed by atoms with Crippen LogP contribution < -0.4 is 4.74 Å². The molecule has 3 rings (SSSR count). The Kier molecular flexibility index (Phi) is 5.12. The minimum Gasteiger partial charge on any atom is -0.492 e. The predicted molar refractivity (Wildman–Crippen MR) is 86.4 cm³/mol. The van der Waals surface area contributed by atoms with E-state index in [4.69, 9.17) is 4.74 Å². The highest BCUT2D eigenvalue weighted by Gasteiger charge is 2.28. The number of likely N-dealkylation sites (N-methyl/N-ethyl adjacent to an activating group) is 1. The molecule has 122 valence electrons. The average Bonchev–Trinajstić information content (AvgIpc) is 3.31. The van der Waals surface area contributed by atoms with E-state index in [2.05, 4.69) is 15.5 Å². The third-order valence-corrected chi connectivity index (χ3v) is 4.46. The predicted octanol–water partition coefficient (Wildman–Crippen LogP) is 1.64. The van der Waals surface area contributed by atoms with Gasteiger partial charge in [-0.2, -0.15) is 0 Å². The molecule has 8 heteroatoms. The lowest BCUT2D eigenvalue weighted by Crippen LogP contribution is -2.32. The van der Waals surface area contributed by atoms with Crippen molar-refractivity contribution >= 4 is 17.7 Å². The number of hydrogen-bond acceptors (Lipinski definition) is 6. The van der Waals surface area contributed by atoms with Gasteiger partial charge in [0.2, 0.25) is 11.1 Å². The van der Waals surface area contributed by atoms with E-state index in [1.165, 1.54) is 11.8 Å². The van der Waals surface area contributed by atoms with Gasteiger partial charge in [0.15, 0.2) is 0 Å². The highest BCUT2D eigenvalue weighted by Crippen LogP contribution is 2.36. The second kappa shape index (κ2) is 7.45. The van der Waals surface area contributed by atoms with Gasteiger partial charge in [0.1, 0.15) is 12.4 Å². The molecule has 23 heavy (non-hydrogen) atoms. The monoisotopic (exact) mass is 333 g/mol. The molecule has 0 saturated heterocycles. The Balaban J connectivity index is 1.40. The molecule has 7 nitrogen and oxygen atoms in total. The molecule has 0 bridgehead atoms. The maximum absolute atomic E-state index is 12.1. The van der Waals surface area contributed by atoms with E-state index in [-0.39, 0.29) is 5.91 Å². The molecule has 0 radical (unpaired) electrons. The Bertz CT molecular complexity index is 644. The molecule has 0 aliphatic heterocycles. The zero-order valence-corrected chi connectivity index (χ0v) is 13.8. The van der Waals surface area contributed by atoms with Crippen molar-refractivity contribution in [3.05, 3.63) is 30.3 Å². The molecular formula is C15H19N5O2S. The van der Waals surface area contributed by atoms with Gasteiger partial charge in [0.25, 0.3) is 0 Å². The fourth-order valence-electron chi connectivity index (χ4n) is 2.01. The summed E-state index contributed by atoms with van der Waals surface area (Å²) in [5, 5.41) is 12.4. The summed E-state index contributed by atoms with van der Waals surface area (Å²) in [6, 6.07) is 10.00. The Morgan fingerprint density at radius 3 is 2.91 bits per heavy atom. The van der Waals surface area contributed by atoms with Gasteiger partial charge >= 0.3 is 0 Å². The van der Waals surface area contributed by atoms with Crippen LogP contribution in [0.25, 0.3) is 0 Å². The van der Waals surface area contributed by atoms with Crippen LogP contribution in [0, 0.1) is 0 Å². The lowest BCUT2D eigenvalue weighted by molar-refractivity contribution is -0.127. The van der Waals surface area contributed by atoms with Crippen LogP contribution in [0.3, 0.4) is 0 Å². The lowest BCUT2D eigenvalue weighted by atomic mass is 10.3. The summed E-state index contributed by atoms with van der Waals surface area (Å²) in [4.78, 5) is 13.8. The van der Waals surface area contributed by atoms with Gasteiger partial charge in [-0.3, -0.25) is 4.79 Å². The summed E-state index contributed by atoms with van der Waals surface area (Å²) in [6.07, 6.45) is 2.23. The molecule has 1 heterocycles. The molecule has 0 N–H and O–H groups in total. The zero-order chi connectivity index (χ0) is 16.1. The van der Waals surface area contributed by atoms with Crippen LogP contribution in [0.15, 0.2) is 35.5 Å². The summed E-state index contributed by atoms with van der Waals surface area (Å²) < 4.78 is 7.41. The molecule has 2 aromatic rings. The SMILES string of the molecule is CN(CCOc1ccccc1)C(=O)CSc1nnnn1C1CC1. The summed E-state index contributed by atoms with van der Waals surface area (Å²) in [5.41, 5.74) is 0. The zero-order valence-electron chi connectivity index (χ0n) is 13.0. The van der Waals surface area contributed by atoms with Crippen LogP contribution in [0.4, 0.5) is 0 Å². The van der Waals surface area contributed by atoms with E-state index in [1.807, 2.05) is 35.0 Å². The summed E-state index contributed by atoms with van der Waals surface area (Å²) in [7, 11) is 1.78. The average molecular weight is 333 g/mol. The summed E-state index contributed by atoms with van der Waals surface area (Å²) >= 11 is 1.38. The molecule has 0 atom stereocenters. The molecule has 1 fully saturated rings. The van der Waals surface area contributed by atoms with Crippen LogP contribution in [-0.4, -0.2) is 57.0 Å². The molecular weight excluding hydrogens is 314 g/mol. The van der Waals surface area contributed by atoms with Crippen molar-refractivity contribution in [2.75, 3.05) is 26.0 Å². The highest BCUT2D eigenvalue weighted by molar-refractivity contribution is 7.99. The van der Waals surface area contributed by atoms with Gasteiger partial charge in [0, 0.05) is 7.05 Å². The minimum absolute atomic E-state index is 0.0389. The molecule has 0 spiro atoms. The van der Waals surface area contributed by atoms with Crippen LogP contribution in [0.1, 0.15) is 18.9 Å². The van der Waals surface area contributed by atoms with Crippen molar-refractivity contribution in [2.24, 2.45) is 0 Å². The third-order valence-electron chi connectivity index (χ3n) is 3.54. The molecule has 1 aromatic carbocycles. The maximum Gasteiger partial charge on any atom is 0.232 e. The van der Waals surface area contributed by atoms with Crippen LogP contribution >= 0.6 is 11.8 Å². The lowest BCUT2D eigenvalue weighted by Gasteiger charge is -2.17. The van der Waals surface area contributed by atoms with Crippen molar-refractivity contribution in [1.82, 2.24) is 25.1 Å². The van der Waals surface area contributed by atoms with E-state index in [9.17, 15) is 4.79 Å². The first-order chi connectivity index (χ1) is 11.2. The standard InChI is InChI=1S/C15H19N5O2S/c1-19(9-10-22-13-5-3-2-4-6-13)14(21)11-23-15-16-17-18-20(15)12-7-8-12/h2-6,12H,7-11H2,1H3. The van der Waals surface area contributed by atoms with Gasteiger partial charge in [-0.15, -0.1) is 5.10 Å². The molecule has 1 aromatic heterocycles. The van der Waals surface area contributed by atoms with E-state index < -0.39 is 0 Å². The van der Waals surface area contributed by atoms with Crippen molar-refractivity contribution in [1.29, 1.82) is 0 Å². The fourth-order valence-corrected chi connectivity index (χ4v) is 2.89. The number of nitrogens with zero attached hydrogens (tertiary/aromatic N) is 5. The van der Waals surface area contributed by atoms with Gasteiger partial charge in [-0.1, -0.05) is 30.0 Å². The first-order valence-electron chi connectivity index (χ1n) is 7.56. The molecule has 1 aliphatic rings. The maximum atomic E-state index is 12.1. The molecule has 1 aliphatic carbocycles. The highest BCUT2D eigenvalue weighted by atomic mass is 32.2. The largest absolute Gasteiger partial charge is 0.492 e. The van der Waals surface area contributed by atoms with Gasteiger partial charge in [-0.05, 0) is 35.4 Å². The van der Waals surface area contributed by atoms with E-state index in [0.717, 1.165) is 23.7 Å². The Labute approximate surface area is 139 Å². The third kappa shape index (κ3) is 4.44. The number of para-hydroxylation sites is 1. The van der Waals surface area contributed by atoms with Crippen molar-refractivity contribution in [2.45, 2.75) is 24.0 Å². The van der Waals surface area contributed by atoms with Gasteiger partial charge in [0.05, 0.1) is 18.3 Å². The topological polar surface area (TPSA) is 73.1 Å². The Morgan fingerprint density at radius 1 is 1.39 bits per heavy atom. The Hall–Kier alpha value is -2.09. The van der Waals surface area contributed by atoms with Crippen LogP contribution in [0.2, 0.25) is 0 Å². The minimum atomic E-state index is 0.0389. The van der Waals surface area contributed by atoms with Crippen LogP contribution in [0.5, 0.6) is 5.75 Å². The quantitative estimate of drug-likeness (QED) is 0.684. The van der Waals surface area contributed by atoms with E-state index in [0.29, 0.717) is 24.9 Å². The van der Waals surface area contributed by atoms with E-state index in [1.54, 1.807) is 11.9 Å². The smallest absolute Gasteiger partial charge is 0.232 e. The van der Waals surface area contributed by atoms with Crippen molar-refractivity contribution in [3.63, 3.8) is 0 Å². The van der Waals surface area contributed by atoms with Crippen molar-refractivity contribution in [3.8, 4) is 5.75 Å². The van der Waals surface area contributed by atoms with Gasteiger partial charge in [-0.25, -0.2) is 4.68 Å². The number of rotatable bonds is 8. The number of carbonyl (C=O) groups is 1. The molecule has 0 unspecified atom stereocenters. The van der Waals surface area contributed by atoms with E-state index >= 15 is 0 Å². The molecule has 1 amide bonds. The number of tetrazole rings is 1. The second-order valence-corrected chi connectivity index (χ2v) is 6.35. The second-order valence-electron chi connectivity index (χ2n) is 5.40. The number of hydrogen-bond donors (Lipinski definition) is 0. The summed E-state index contributed by atoms with van der Waals surface area (Å²) in [5.74, 6) is 1.18. The number of ether oxygens (including phenoxy) is 1. The number of thioether (sulfide) groups is 1. The number of carbonyl (C=O) groups excluding carboxylic acids is 1. The van der Waals surface area contributed by atoms with Gasteiger partial charge < -0.3 is 9.64 Å². The summed E-state index contributed by atoms with van der Waals surface area (Å²) in [6.45, 7) is 1.01.